The van der Waals surface area contributed by atoms with Crippen LogP contribution in [0.1, 0.15) is 23.9 Å². The molecule has 3 aromatic rings. The number of carbonyl (C=O) groups is 1. The number of hydrogen-bond donors (Lipinski definition) is 0. The van der Waals surface area contributed by atoms with Crippen LogP contribution in [0.2, 0.25) is 0 Å². The second kappa shape index (κ2) is 5.92. The fraction of sp³-hybridized carbons (Fsp3) is 0.235. The van der Waals surface area contributed by atoms with Crippen LogP contribution in [0.25, 0.3) is 11.5 Å². The lowest BCUT2D eigenvalue weighted by molar-refractivity contribution is -0.128. The van der Waals surface area contributed by atoms with Crippen LogP contribution in [0.5, 0.6) is 0 Å². The van der Waals surface area contributed by atoms with E-state index in [1.165, 1.54) is 12.1 Å². The number of rotatable bonds is 4. The highest BCUT2D eigenvalue weighted by atomic mass is 19.1. The summed E-state index contributed by atoms with van der Waals surface area (Å²) in [5.41, 5.74) is 0.519. The van der Waals surface area contributed by atoms with Gasteiger partial charge in [-0.1, -0.05) is 11.2 Å². The minimum Gasteiger partial charge on any atom is -0.467 e. The highest BCUT2D eigenvalue weighted by Crippen LogP contribution is 2.29. The highest BCUT2D eigenvalue weighted by molar-refractivity contribution is 5.79. The molecule has 6 nitrogen and oxygen atoms in total. The number of hydrogen-bond acceptors (Lipinski definition) is 5. The van der Waals surface area contributed by atoms with E-state index < -0.39 is 0 Å². The molecule has 1 fully saturated rings. The molecule has 0 spiro atoms. The van der Waals surface area contributed by atoms with Crippen LogP contribution < -0.4 is 0 Å². The van der Waals surface area contributed by atoms with Crippen molar-refractivity contribution in [1.29, 1.82) is 0 Å². The summed E-state index contributed by atoms with van der Waals surface area (Å²) in [5.74, 6) is 0.962. The van der Waals surface area contributed by atoms with Crippen molar-refractivity contribution >= 4 is 5.91 Å². The van der Waals surface area contributed by atoms with E-state index in [2.05, 4.69) is 10.1 Å². The summed E-state index contributed by atoms with van der Waals surface area (Å²) in [5, 5.41) is 3.96. The monoisotopic (exact) mass is 327 g/mol. The van der Waals surface area contributed by atoms with Crippen LogP contribution in [0.3, 0.4) is 0 Å². The van der Waals surface area contributed by atoms with Gasteiger partial charge in [-0.25, -0.2) is 4.39 Å². The molecule has 122 valence electrons. The van der Waals surface area contributed by atoms with Gasteiger partial charge in [0.1, 0.15) is 11.6 Å². The Morgan fingerprint density at radius 1 is 1.29 bits per heavy atom. The van der Waals surface area contributed by atoms with Crippen LogP contribution >= 0.6 is 0 Å². The molecule has 1 aromatic carbocycles. The summed E-state index contributed by atoms with van der Waals surface area (Å²) >= 11 is 0. The Kier molecular flexibility index (Phi) is 3.60. The first-order valence-corrected chi connectivity index (χ1v) is 7.59. The SMILES string of the molecule is O=C1CC(c2noc(-c3cccc(F)c3)n2)CN1Cc1ccco1. The molecule has 0 aliphatic carbocycles. The van der Waals surface area contributed by atoms with Gasteiger partial charge in [0.2, 0.25) is 5.91 Å². The van der Waals surface area contributed by atoms with Crippen LogP contribution in [-0.2, 0) is 11.3 Å². The Balaban J connectivity index is 1.50. The molecule has 0 N–H and O–H groups in total. The zero-order chi connectivity index (χ0) is 16.5. The molecule has 1 saturated heterocycles. The molecule has 2 aromatic heterocycles. The number of benzene rings is 1. The summed E-state index contributed by atoms with van der Waals surface area (Å²) in [6.45, 7) is 0.929. The zero-order valence-electron chi connectivity index (χ0n) is 12.7. The Hall–Kier alpha value is -2.96. The summed E-state index contributed by atoms with van der Waals surface area (Å²) in [6, 6.07) is 9.58. The molecule has 1 atom stereocenters. The Morgan fingerprint density at radius 2 is 2.21 bits per heavy atom. The number of furan rings is 1. The van der Waals surface area contributed by atoms with E-state index in [4.69, 9.17) is 8.94 Å². The van der Waals surface area contributed by atoms with Crippen LogP contribution in [-0.4, -0.2) is 27.5 Å². The van der Waals surface area contributed by atoms with E-state index in [9.17, 15) is 9.18 Å². The average Bonchev–Trinajstić information content (AvgIpc) is 3.30. The average molecular weight is 327 g/mol. The molecule has 7 heteroatoms. The van der Waals surface area contributed by atoms with Gasteiger partial charge in [0.15, 0.2) is 5.82 Å². The van der Waals surface area contributed by atoms with Gasteiger partial charge in [0, 0.05) is 24.4 Å². The topological polar surface area (TPSA) is 72.4 Å². The first-order valence-electron chi connectivity index (χ1n) is 7.59. The molecule has 1 aliphatic rings. The summed E-state index contributed by atoms with van der Waals surface area (Å²) in [4.78, 5) is 18.2. The zero-order valence-corrected chi connectivity index (χ0v) is 12.7. The molecule has 1 unspecified atom stereocenters. The first-order chi connectivity index (χ1) is 11.7. The van der Waals surface area contributed by atoms with E-state index in [0.29, 0.717) is 30.9 Å². The number of aromatic nitrogens is 2. The van der Waals surface area contributed by atoms with Gasteiger partial charge in [0.05, 0.1) is 12.8 Å². The number of carbonyl (C=O) groups excluding carboxylic acids is 1. The molecular formula is C17H14FN3O3. The second-order valence-electron chi connectivity index (χ2n) is 5.72. The quantitative estimate of drug-likeness (QED) is 0.736. The number of halogens is 1. The van der Waals surface area contributed by atoms with Crippen LogP contribution in [0.4, 0.5) is 4.39 Å². The predicted octanol–water partition coefficient (Wildman–Crippen LogP) is 2.98. The maximum atomic E-state index is 13.3. The van der Waals surface area contributed by atoms with E-state index in [1.54, 1.807) is 29.4 Å². The van der Waals surface area contributed by atoms with Crippen molar-refractivity contribution < 1.29 is 18.1 Å². The molecule has 0 bridgehead atoms. The van der Waals surface area contributed by atoms with Crippen molar-refractivity contribution in [3.63, 3.8) is 0 Å². The molecule has 24 heavy (non-hydrogen) atoms. The van der Waals surface area contributed by atoms with E-state index in [0.717, 1.165) is 5.76 Å². The lowest BCUT2D eigenvalue weighted by atomic mass is 10.1. The number of likely N-dealkylation sites (tertiary alicyclic amines) is 1. The van der Waals surface area contributed by atoms with Gasteiger partial charge in [0.25, 0.3) is 5.89 Å². The van der Waals surface area contributed by atoms with E-state index >= 15 is 0 Å². The maximum absolute atomic E-state index is 13.3. The largest absolute Gasteiger partial charge is 0.467 e. The lowest BCUT2D eigenvalue weighted by Crippen LogP contribution is -2.24. The number of amides is 1. The normalized spacial score (nSPS) is 17.6. The fourth-order valence-electron chi connectivity index (χ4n) is 2.83. The van der Waals surface area contributed by atoms with Gasteiger partial charge in [-0.15, -0.1) is 0 Å². The lowest BCUT2D eigenvalue weighted by Gasteiger charge is -2.13. The van der Waals surface area contributed by atoms with Crippen molar-refractivity contribution in [2.75, 3.05) is 6.54 Å². The smallest absolute Gasteiger partial charge is 0.258 e. The van der Waals surface area contributed by atoms with Crippen molar-refractivity contribution in [2.45, 2.75) is 18.9 Å². The first kappa shape index (κ1) is 14.6. The van der Waals surface area contributed by atoms with Crippen molar-refractivity contribution in [3.8, 4) is 11.5 Å². The molecule has 1 amide bonds. The second-order valence-corrected chi connectivity index (χ2v) is 5.72. The standard InChI is InChI=1S/C17H14FN3O3/c18-13-4-1-3-11(7-13)17-19-16(20-24-17)12-8-15(22)21(9-12)10-14-5-2-6-23-14/h1-7,12H,8-10H2. The van der Waals surface area contributed by atoms with E-state index in [-0.39, 0.29) is 23.5 Å². The van der Waals surface area contributed by atoms with Gasteiger partial charge in [-0.05, 0) is 30.3 Å². The molecule has 0 radical (unpaired) electrons. The van der Waals surface area contributed by atoms with Crippen molar-refractivity contribution in [1.82, 2.24) is 15.0 Å². The summed E-state index contributed by atoms with van der Waals surface area (Å²) < 4.78 is 23.8. The van der Waals surface area contributed by atoms with Crippen molar-refractivity contribution in [2.24, 2.45) is 0 Å². The van der Waals surface area contributed by atoms with Gasteiger partial charge < -0.3 is 13.8 Å². The predicted molar refractivity (Wildman–Crippen MR) is 81.2 cm³/mol. The third-order valence-corrected chi connectivity index (χ3v) is 4.02. The molecule has 1 aliphatic heterocycles. The maximum Gasteiger partial charge on any atom is 0.258 e. The van der Waals surface area contributed by atoms with Crippen molar-refractivity contribution in [3.05, 3.63) is 60.1 Å². The molecule has 4 rings (SSSR count). The Bertz CT molecular complexity index is 860. The van der Waals surface area contributed by atoms with Crippen LogP contribution in [0.15, 0.2) is 51.6 Å². The Morgan fingerprint density at radius 3 is 3.00 bits per heavy atom. The fourth-order valence-corrected chi connectivity index (χ4v) is 2.83. The molecule has 0 saturated carbocycles. The number of nitrogens with zero attached hydrogens (tertiary/aromatic N) is 3. The minimum absolute atomic E-state index is 0.0218. The van der Waals surface area contributed by atoms with Gasteiger partial charge in [-0.3, -0.25) is 4.79 Å². The minimum atomic E-state index is -0.368. The Labute approximate surface area is 136 Å². The van der Waals surface area contributed by atoms with Gasteiger partial charge >= 0.3 is 0 Å². The summed E-state index contributed by atoms with van der Waals surface area (Å²) in [7, 11) is 0. The molecular weight excluding hydrogens is 313 g/mol. The molecule has 3 heterocycles. The highest BCUT2D eigenvalue weighted by Gasteiger charge is 2.34. The van der Waals surface area contributed by atoms with Gasteiger partial charge in [-0.2, -0.15) is 4.98 Å². The third-order valence-electron chi connectivity index (χ3n) is 4.02. The van der Waals surface area contributed by atoms with Crippen LogP contribution in [0, 0.1) is 5.82 Å². The summed E-state index contributed by atoms with van der Waals surface area (Å²) in [6.07, 6.45) is 1.90. The van der Waals surface area contributed by atoms with E-state index in [1.807, 2.05) is 6.07 Å². The third kappa shape index (κ3) is 2.80.